The molecule has 0 saturated carbocycles. The lowest BCUT2D eigenvalue weighted by molar-refractivity contribution is 1.18. The normalized spacial score (nSPS) is 12.7. The topological polar surface area (TPSA) is 11.4 Å². The molecule has 0 amide bonds. The molecule has 0 bridgehead atoms. The van der Waals surface area contributed by atoms with Crippen molar-refractivity contribution < 1.29 is 6.85 Å². The quantitative estimate of drug-likeness (QED) is 0.151. The van der Waals surface area contributed by atoms with Crippen LogP contribution in [0.1, 0.15) is 6.85 Å². The molecule has 11 aromatic carbocycles. The van der Waals surface area contributed by atoms with Crippen LogP contribution in [0.2, 0.25) is 0 Å². The number of benzene rings is 11. The van der Waals surface area contributed by atoms with E-state index in [0.29, 0.717) is 11.4 Å². The van der Waals surface area contributed by atoms with Crippen LogP contribution >= 0.6 is 11.3 Å². The number of rotatable bonds is 8. The van der Waals surface area contributed by atoms with Gasteiger partial charge in [0.1, 0.15) is 0 Å². The molecule has 0 unspecified atom stereocenters. The molecule has 0 aliphatic heterocycles. The van der Waals surface area contributed by atoms with Crippen LogP contribution in [0.4, 0.5) is 34.1 Å². The molecule has 3 nitrogen and oxygen atoms in total. The van der Waals surface area contributed by atoms with Gasteiger partial charge < -0.3 is 14.4 Å². The molecular weight excluding hydrogens is 819 g/mol. The van der Waals surface area contributed by atoms with Crippen molar-refractivity contribution in [2.75, 3.05) is 9.80 Å². The van der Waals surface area contributed by atoms with Crippen molar-refractivity contribution in [3.05, 3.63) is 249 Å². The number of nitrogens with zero attached hydrogens (tertiary/aromatic N) is 3. The molecule has 0 spiro atoms. The molecule has 4 heteroatoms. The van der Waals surface area contributed by atoms with Crippen molar-refractivity contribution in [2.45, 2.75) is 0 Å². The van der Waals surface area contributed by atoms with E-state index in [-0.39, 0.29) is 17.8 Å². The Labute approximate surface area is 393 Å². The van der Waals surface area contributed by atoms with E-state index in [4.69, 9.17) is 4.11 Å². The van der Waals surface area contributed by atoms with Gasteiger partial charge in [-0.1, -0.05) is 146 Å². The van der Waals surface area contributed by atoms with Crippen molar-refractivity contribution in [1.29, 1.82) is 0 Å². The molecule has 13 aromatic rings. The molecule has 2 aromatic heterocycles. The lowest BCUT2D eigenvalue weighted by Crippen LogP contribution is -2.13. The third-order valence-corrected chi connectivity index (χ3v) is 13.9. The van der Waals surface area contributed by atoms with Crippen LogP contribution in [0.5, 0.6) is 0 Å². The third-order valence-electron chi connectivity index (χ3n) is 12.8. The molecule has 0 N–H and O–H groups in total. The first-order chi connectivity index (χ1) is 34.8. The van der Waals surface area contributed by atoms with E-state index in [1.165, 1.54) is 30.9 Å². The standard InChI is InChI=1S/C62H41N3S/c1-5-20-44(21-6-1)63(45-22-7-2-8-23-45)49-37-43(38-50(39-49)64(46-24-9-3-10-25-46)48-34-36-60-56(40-48)53-30-17-18-32-59(53)66-60)55-41-58-62(54-31-16-15-29-52(54)55)61-51-28-14-13-19-42(51)33-35-57(61)65(58)47-26-11-4-12-27-47/h1-41H/i1D,5D,6D,20D,21D. The molecule has 0 atom stereocenters. The zero-order valence-corrected chi connectivity index (χ0v) is 36.4. The average molecular weight is 865 g/mol. The fourth-order valence-corrected chi connectivity index (χ4v) is 11.0. The van der Waals surface area contributed by atoms with Gasteiger partial charge in [0.25, 0.3) is 0 Å². The number of fused-ring (bicyclic) bond motifs is 10. The first-order valence-electron chi connectivity index (χ1n) is 24.6. The highest BCUT2D eigenvalue weighted by Crippen LogP contribution is 2.48. The van der Waals surface area contributed by atoms with E-state index in [0.717, 1.165) is 66.5 Å². The summed E-state index contributed by atoms with van der Waals surface area (Å²) < 4.78 is 50.0. The summed E-state index contributed by atoms with van der Waals surface area (Å²) in [6, 6.07) is 74.1. The van der Waals surface area contributed by atoms with Crippen LogP contribution < -0.4 is 9.80 Å². The minimum Gasteiger partial charge on any atom is -0.310 e. The Morgan fingerprint density at radius 1 is 0.364 bits per heavy atom. The summed E-state index contributed by atoms with van der Waals surface area (Å²) in [5, 5.41) is 9.18. The molecule has 66 heavy (non-hydrogen) atoms. The Kier molecular flexibility index (Phi) is 7.86. The number of hydrogen-bond acceptors (Lipinski definition) is 3. The highest BCUT2D eigenvalue weighted by molar-refractivity contribution is 7.25. The molecule has 0 radical (unpaired) electrons. The lowest BCUT2D eigenvalue weighted by atomic mass is 9.93. The van der Waals surface area contributed by atoms with E-state index in [9.17, 15) is 2.74 Å². The van der Waals surface area contributed by atoms with Crippen molar-refractivity contribution >= 4 is 109 Å². The van der Waals surface area contributed by atoms with Crippen LogP contribution in [0.25, 0.3) is 80.3 Å². The highest BCUT2D eigenvalue weighted by atomic mass is 32.1. The fourth-order valence-electron chi connectivity index (χ4n) is 9.96. The van der Waals surface area contributed by atoms with E-state index < -0.39 is 18.1 Å². The molecule has 13 rings (SSSR count). The minimum atomic E-state index is -0.445. The molecule has 2 heterocycles. The van der Waals surface area contributed by atoms with Crippen LogP contribution in [0, 0.1) is 0 Å². The summed E-state index contributed by atoms with van der Waals surface area (Å²) >= 11 is 1.78. The summed E-state index contributed by atoms with van der Waals surface area (Å²) in [6.07, 6.45) is 0. The van der Waals surface area contributed by atoms with Crippen molar-refractivity contribution in [2.24, 2.45) is 0 Å². The molecule has 0 fully saturated rings. The van der Waals surface area contributed by atoms with Gasteiger partial charge in [0.05, 0.1) is 17.9 Å². The third kappa shape index (κ3) is 6.26. The second-order valence-corrected chi connectivity index (χ2v) is 17.6. The first-order valence-corrected chi connectivity index (χ1v) is 22.9. The first kappa shape index (κ1) is 33.1. The van der Waals surface area contributed by atoms with Gasteiger partial charge in [-0.2, -0.15) is 0 Å². The van der Waals surface area contributed by atoms with E-state index in [1.54, 1.807) is 11.3 Å². The van der Waals surface area contributed by atoms with Gasteiger partial charge in [0, 0.05) is 70.8 Å². The maximum absolute atomic E-state index is 9.40. The Balaban J connectivity index is 1.17. The fraction of sp³-hybridized carbons (Fsp3) is 0. The minimum absolute atomic E-state index is 0.0547. The van der Waals surface area contributed by atoms with Gasteiger partial charge in [-0.3, -0.25) is 0 Å². The number of para-hydroxylation sites is 4. The largest absolute Gasteiger partial charge is 0.310 e. The van der Waals surface area contributed by atoms with E-state index in [2.05, 4.69) is 173 Å². The molecular formula is C62H41N3S. The van der Waals surface area contributed by atoms with E-state index in [1.807, 2.05) is 59.5 Å². The molecule has 0 saturated heterocycles. The Hall–Kier alpha value is -8.44. The molecule has 0 aliphatic carbocycles. The zero-order chi connectivity index (χ0) is 47.9. The van der Waals surface area contributed by atoms with Crippen molar-refractivity contribution in [3.8, 4) is 16.8 Å². The maximum atomic E-state index is 9.40. The van der Waals surface area contributed by atoms with Crippen molar-refractivity contribution in [3.63, 3.8) is 0 Å². The zero-order valence-electron chi connectivity index (χ0n) is 40.5. The predicted molar refractivity (Wildman–Crippen MR) is 283 cm³/mol. The van der Waals surface area contributed by atoms with Gasteiger partial charge >= 0.3 is 0 Å². The van der Waals surface area contributed by atoms with Gasteiger partial charge in [-0.15, -0.1) is 11.3 Å². The second kappa shape index (κ2) is 15.7. The number of hydrogen-bond donors (Lipinski definition) is 0. The average Bonchev–Trinajstić information content (AvgIpc) is 3.97. The summed E-state index contributed by atoms with van der Waals surface area (Å²) in [6.45, 7) is 0. The number of aromatic nitrogens is 1. The Bertz CT molecular complexity index is 4220. The maximum Gasteiger partial charge on any atom is 0.0645 e. The Morgan fingerprint density at radius 2 is 0.939 bits per heavy atom. The highest BCUT2D eigenvalue weighted by Gasteiger charge is 2.24. The van der Waals surface area contributed by atoms with Crippen molar-refractivity contribution in [1.82, 2.24) is 4.57 Å². The van der Waals surface area contributed by atoms with Crippen LogP contribution in [-0.2, 0) is 0 Å². The van der Waals surface area contributed by atoms with Crippen LogP contribution in [-0.4, -0.2) is 4.57 Å². The summed E-state index contributed by atoms with van der Waals surface area (Å²) in [5.74, 6) is 0. The summed E-state index contributed by atoms with van der Waals surface area (Å²) in [4.78, 5) is 4.08. The predicted octanol–water partition coefficient (Wildman–Crippen LogP) is 18.1. The number of thiophene rings is 1. The SMILES string of the molecule is [2H]c1c([2H])c([2H])c(N(c2ccccc2)c2cc(-c3cc4c(c5ccccc35)c3c5ccccc5ccc3n4-c3ccccc3)cc(N(c3ccccc3)c3ccc4sc5ccccc5c4c3)c2)c([2H])c1[2H]. The number of anilines is 6. The summed E-state index contributed by atoms with van der Waals surface area (Å²) in [5.41, 5.74) is 9.04. The lowest BCUT2D eigenvalue weighted by Gasteiger charge is -2.30. The van der Waals surface area contributed by atoms with Gasteiger partial charge in [-0.25, -0.2) is 0 Å². The smallest absolute Gasteiger partial charge is 0.0645 e. The van der Waals surface area contributed by atoms with Gasteiger partial charge in [0.15, 0.2) is 0 Å². The van der Waals surface area contributed by atoms with Gasteiger partial charge in [-0.05, 0) is 136 Å². The molecule has 310 valence electrons. The van der Waals surface area contributed by atoms with Crippen LogP contribution in [0.15, 0.2) is 249 Å². The van der Waals surface area contributed by atoms with Gasteiger partial charge in [0.2, 0.25) is 0 Å². The molecule has 0 aliphatic rings. The monoisotopic (exact) mass is 864 g/mol. The second-order valence-electron chi connectivity index (χ2n) is 16.5. The van der Waals surface area contributed by atoms with Crippen LogP contribution in [0.3, 0.4) is 0 Å². The summed E-state index contributed by atoms with van der Waals surface area (Å²) in [7, 11) is 0. The van der Waals surface area contributed by atoms with E-state index >= 15 is 0 Å². The Morgan fingerprint density at radius 3 is 1.67 bits per heavy atom.